The molecule has 4 rings (SSSR count). The van der Waals surface area contributed by atoms with Crippen LogP contribution in [-0.4, -0.2) is 44.8 Å². The van der Waals surface area contributed by atoms with Crippen LogP contribution in [0.4, 0.5) is 10.5 Å². The van der Waals surface area contributed by atoms with Gasteiger partial charge in [-0.1, -0.05) is 6.07 Å². The molecule has 1 aromatic carbocycles. The summed E-state index contributed by atoms with van der Waals surface area (Å²) in [6.07, 6.45) is 7.57. The van der Waals surface area contributed by atoms with E-state index in [1.54, 1.807) is 12.4 Å². The number of piperidine rings is 1. The number of benzene rings is 1. The molecule has 0 bridgehead atoms. The van der Waals surface area contributed by atoms with Crippen LogP contribution in [-0.2, 0) is 13.6 Å². The number of rotatable bonds is 4. The van der Waals surface area contributed by atoms with Crippen molar-refractivity contribution in [3.05, 3.63) is 54.5 Å². The molecule has 3 heterocycles. The number of amides is 2. The number of aryl methyl sites for hydroxylation is 1. The van der Waals surface area contributed by atoms with Crippen molar-refractivity contribution in [1.82, 2.24) is 25.0 Å². The summed E-state index contributed by atoms with van der Waals surface area (Å²) in [6, 6.07) is 9.85. The first kappa shape index (κ1) is 17.5. The standard InChI is InChI=1S/C20H24N6O/c1-25-19-7-6-17(10-16(19)12-22-25)23-20(27)24-18-5-3-9-26(14-18)13-15-4-2-8-21-11-15/h2,4,6-8,10-12,18H,3,5,9,13-14H2,1H3,(H2,23,24,27)/t18-/m0/s1. The lowest BCUT2D eigenvalue weighted by molar-refractivity contribution is 0.183. The number of carbonyl (C=O) groups is 1. The van der Waals surface area contributed by atoms with Gasteiger partial charge in [0, 0.05) is 49.6 Å². The molecule has 1 atom stereocenters. The average Bonchev–Trinajstić information content (AvgIpc) is 3.03. The number of nitrogens with one attached hydrogen (secondary N) is 2. The van der Waals surface area contributed by atoms with Gasteiger partial charge in [-0.2, -0.15) is 5.10 Å². The van der Waals surface area contributed by atoms with Gasteiger partial charge in [0.25, 0.3) is 0 Å². The number of hydrogen-bond donors (Lipinski definition) is 2. The van der Waals surface area contributed by atoms with Gasteiger partial charge in [-0.15, -0.1) is 0 Å². The zero-order valence-corrected chi connectivity index (χ0v) is 15.4. The molecule has 0 saturated carbocycles. The second-order valence-electron chi connectivity index (χ2n) is 7.08. The Morgan fingerprint density at radius 3 is 3.07 bits per heavy atom. The van der Waals surface area contributed by atoms with Crippen LogP contribution in [0.25, 0.3) is 10.9 Å². The molecule has 3 aromatic rings. The maximum absolute atomic E-state index is 12.4. The first-order valence-corrected chi connectivity index (χ1v) is 9.28. The third-order valence-electron chi connectivity index (χ3n) is 4.97. The summed E-state index contributed by atoms with van der Waals surface area (Å²) in [5.74, 6) is 0. The van der Waals surface area contributed by atoms with Gasteiger partial charge in [-0.05, 0) is 49.2 Å². The highest BCUT2D eigenvalue weighted by Gasteiger charge is 2.21. The van der Waals surface area contributed by atoms with E-state index in [0.717, 1.165) is 49.1 Å². The number of anilines is 1. The Morgan fingerprint density at radius 2 is 2.22 bits per heavy atom. The molecule has 27 heavy (non-hydrogen) atoms. The van der Waals surface area contributed by atoms with Crippen molar-refractivity contribution in [3.8, 4) is 0 Å². The molecule has 1 fully saturated rings. The largest absolute Gasteiger partial charge is 0.334 e. The van der Waals surface area contributed by atoms with Crippen molar-refractivity contribution in [3.63, 3.8) is 0 Å². The molecular formula is C20H24N6O. The third kappa shape index (κ3) is 4.25. The monoisotopic (exact) mass is 364 g/mol. The van der Waals surface area contributed by atoms with Gasteiger partial charge < -0.3 is 10.6 Å². The maximum Gasteiger partial charge on any atom is 0.319 e. The lowest BCUT2D eigenvalue weighted by Gasteiger charge is -2.33. The van der Waals surface area contributed by atoms with E-state index in [-0.39, 0.29) is 12.1 Å². The lowest BCUT2D eigenvalue weighted by Crippen LogP contribution is -2.48. The number of urea groups is 1. The Hall–Kier alpha value is -2.93. The maximum atomic E-state index is 12.4. The topological polar surface area (TPSA) is 75.1 Å². The Labute approximate surface area is 158 Å². The summed E-state index contributed by atoms with van der Waals surface area (Å²) in [4.78, 5) is 19.0. The van der Waals surface area contributed by atoms with Crippen LogP contribution < -0.4 is 10.6 Å². The average molecular weight is 364 g/mol. The van der Waals surface area contributed by atoms with Gasteiger partial charge >= 0.3 is 6.03 Å². The molecule has 0 unspecified atom stereocenters. The van der Waals surface area contributed by atoms with E-state index >= 15 is 0 Å². The molecule has 2 aromatic heterocycles. The number of pyridine rings is 1. The zero-order chi connectivity index (χ0) is 18.6. The lowest BCUT2D eigenvalue weighted by atomic mass is 10.1. The summed E-state index contributed by atoms with van der Waals surface area (Å²) in [5.41, 5.74) is 3.02. The van der Waals surface area contributed by atoms with Crippen LogP contribution in [0.5, 0.6) is 0 Å². The molecule has 1 aliphatic heterocycles. The first-order valence-electron chi connectivity index (χ1n) is 9.28. The summed E-state index contributed by atoms with van der Waals surface area (Å²) in [7, 11) is 1.91. The van der Waals surface area contributed by atoms with Crippen molar-refractivity contribution in [2.75, 3.05) is 18.4 Å². The van der Waals surface area contributed by atoms with Crippen molar-refractivity contribution < 1.29 is 4.79 Å². The van der Waals surface area contributed by atoms with E-state index < -0.39 is 0 Å². The quantitative estimate of drug-likeness (QED) is 0.746. The molecular weight excluding hydrogens is 340 g/mol. The van der Waals surface area contributed by atoms with E-state index in [0.29, 0.717) is 0 Å². The second kappa shape index (κ2) is 7.75. The van der Waals surface area contributed by atoms with E-state index in [1.165, 1.54) is 5.56 Å². The summed E-state index contributed by atoms with van der Waals surface area (Å²) in [6.45, 7) is 2.77. The van der Waals surface area contributed by atoms with Gasteiger partial charge in [-0.25, -0.2) is 4.79 Å². The Balaban J connectivity index is 1.32. The minimum Gasteiger partial charge on any atom is -0.334 e. The highest BCUT2D eigenvalue weighted by molar-refractivity contribution is 5.92. The number of aromatic nitrogens is 3. The summed E-state index contributed by atoms with van der Waals surface area (Å²) in [5, 5.41) is 11.3. The minimum atomic E-state index is -0.161. The molecule has 0 aliphatic carbocycles. The molecule has 140 valence electrons. The normalized spacial score (nSPS) is 17.7. The van der Waals surface area contributed by atoms with Crippen LogP contribution in [0, 0.1) is 0 Å². The highest BCUT2D eigenvalue weighted by Crippen LogP contribution is 2.18. The number of hydrogen-bond acceptors (Lipinski definition) is 4. The molecule has 2 amide bonds. The van der Waals surface area contributed by atoms with E-state index in [1.807, 2.05) is 42.2 Å². The van der Waals surface area contributed by atoms with Gasteiger partial charge in [0.1, 0.15) is 0 Å². The zero-order valence-electron chi connectivity index (χ0n) is 15.4. The van der Waals surface area contributed by atoms with Crippen LogP contribution in [0.3, 0.4) is 0 Å². The summed E-state index contributed by atoms with van der Waals surface area (Å²) >= 11 is 0. The second-order valence-corrected chi connectivity index (χ2v) is 7.08. The minimum absolute atomic E-state index is 0.151. The summed E-state index contributed by atoms with van der Waals surface area (Å²) < 4.78 is 1.82. The van der Waals surface area contributed by atoms with E-state index in [4.69, 9.17) is 0 Å². The third-order valence-corrected chi connectivity index (χ3v) is 4.97. The van der Waals surface area contributed by atoms with Gasteiger partial charge in [0.05, 0.1) is 11.7 Å². The highest BCUT2D eigenvalue weighted by atomic mass is 16.2. The van der Waals surface area contributed by atoms with Crippen molar-refractivity contribution >= 4 is 22.6 Å². The van der Waals surface area contributed by atoms with Gasteiger partial charge in [0.15, 0.2) is 0 Å². The fourth-order valence-electron chi connectivity index (χ4n) is 3.66. The number of nitrogens with zero attached hydrogens (tertiary/aromatic N) is 4. The van der Waals surface area contributed by atoms with Crippen LogP contribution >= 0.6 is 0 Å². The number of carbonyl (C=O) groups excluding carboxylic acids is 1. The molecule has 0 spiro atoms. The SMILES string of the molecule is Cn1ncc2cc(NC(=O)N[C@H]3CCCN(Cc4cccnc4)C3)ccc21. The molecule has 1 aliphatic rings. The fourth-order valence-corrected chi connectivity index (χ4v) is 3.66. The van der Waals surface area contributed by atoms with Crippen molar-refractivity contribution in [2.24, 2.45) is 7.05 Å². The van der Waals surface area contributed by atoms with Crippen LogP contribution in [0.2, 0.25) is 0 Å². The van der Waals surface area contributed by atoms with Crippen LogP contribution in [0.15, 0.2) is 48.9 Å². The number of likely N-dealkylation sites (tertiary alicyclic amines) is 1. The van der Waals surface area contributed by atoms with E-state index in [2.05, 4.69) is 31.7 Å². The fraction of sp³-hybridized carbons (Fsp3) is 0.350. The van der Waals surface area contributed by atoms with Crippen molar-refractivity contribution in [2.45, 2.75) is 25.4 Å². The smallest absolute Gasteiger partial charge is 0.319 e. The van der Waals surface area contributed by atoms with Crippen LogP contribution in [0.1, 0.15) is 18.4 Å². The molecule has 1 saturated heterocycles. The predicted molar refractivity (Wildman–Crippen MR) is 105 cm³/mol. The van der Waals surface area contributed by atoms with E-state index in [9.17, 15) is 4.79 Å². The molecule has 0 radical (unpaired) electrons. The Kier molecular flexibility index (Phi) is 5.02. The molecule has 7 nitrogen and oxygen atoms in total. The van der Waals surface area contributed by atoms with Crippen molar-refractivity contribution in [1.29, 1.82) is 0 Å². The Morgan fingerprint density at radius 1 is 1.30 bits per heavy atom. The number of fused-ring (bicyclic) bond motifs is 1. The predicted octanol–water partition coefficient (Wildman–Crippen LogP) is 2.75. The molecule has 2 N–H and O–H groups in total. The first-order chi connectivity index (χ1) is 13.2. The van der Waals surface area contributed by atoms with Gasteiger partial charge in [-0.3, -0.25) is 14.6 Å². The Bertz CT molecular complexity index is 923. The van der Waals surface area contributed by atoms with Gasteiger partial charge in [0.2, 0.25) is 0 Å². The molecule has 7 heteroatoms.